The smallest absolute Gasteiger partial charge is 0.264 e. The number of amides is 1. The van der Waals surface area contributed by atoms with Gasteiger partial charge in [-0.2, -0.15) is 0 Å². The lowest BCUT2D eigenvalue weighted by atomic mass is 10.1. The van der Waals surface area contributed by atoms with E-state index in [9.17, 15) is 13.2 Å². The average Bonchev–Trinajstić information content (AvgIpc) is 2.76. The maximum atomic E-state index is 13.2. The normalized spacial score (nSPS) is 11.1. The zero-order valence-electron chi connectivity index (χ0n) is 16.4. The van der Waals surface area contributed by atoms with Gasteiger partial charge >= 0.3 is 0 Å². The summed E-state index contributed by atoms with van der Waals surface area (Å²) < 4.78 is 27.5. The fourth-order valence-electron chi connectivity index (χ4n) is 2.99. The molecule has 0 aromatic heterocycles. The van der Waals surface area contributed by atoms with Crippen molar-refractivity contribution >= 4 is 33.2 Å². The number of para-hydroxylation sites is 1. The third kappa shape index (κ3) is 5.84. The van der Waals surface area contributed by atoms with Crippen LogP contribution < -0.4 is 9.62 Å². The standard InChI is InChI=1S/C23H23ClN2O3S/c24-20-13-15-22(16-14-20)30(28,29)26(21-11-5-2-6-12-21)18-23(27)25-17-7-10-19-8-3-1-4-9-19/h1-6,8-9,11-16H,7,10,17-18H2,(H,25,27). The molecule has 1 N–H and O–H groups in total. The summed E-state index contributed by atoms with van der Waals surface area (Å²) in [5, 5.41) is 3.26. The highest BCUT2D eigenvalue weighted by Gasteiger charge is 2.27. The van der Waals surface area contributed by atoms with Crippen LogP contribution in [0.3, 0.4) is 0 Å². The first-order chi connectivity index (χ1) is 14.5. The third-order valence-corrected chi connectivity index (χ3v) is 6.58. The van der Waals surface area contributed by atoms with Crippen molar-refractivity contribution in [2.75, 3.05) is 17.4 Å². The van der Waals surface area contributed by atoms with Crippen molar-refractivity contribution in [3.63, 3.8) is 0 Å². The van der Waals surface area contributed by atoms with Gasteiger partial charge in [-0.15, -0.1) is 0 Å². The lowest BCUT2D eigenvalue weighted by molar-refractivity contribution is -0.119. The van der Waals surface area contributed by atoms with E-state index in [0.29, 0.717) is 17.3 Å². The molecule has 3 rings (SSSR count). The fraction of sp³-hybridized carbons (Fsp3) is 0.174. The number of nitrogens with one attached hydrogen (secondary N) is 1. The molecule has 0 aliphatic heterocycles. The van der Waals surface area contributed by atoms with Gasteiger partial charge in [-0.25, -0.2) is 8.42 Å². The zero-order valence-corrected chi connectivity index (χ0v) is 17.9. The molecule has 0 saturated heterocycles. The summed E-state index contributed by atoms with van der Waals surface area (Å²) in [6.45, 7) is 0.164. The minimum Gasteiger partial charge on any atom is -0.355 e. The molecule has 156 valence electrons. The maximum Gasteiger partial charge on any atom is 0.264 e. The molecule has 0 aliphatic rings. The predicted octanol–water partition coefficient (Wildman–Crippen LogP) is 4.28. The van der Waals surface area contributed by atoms with E-state index in [1.165, 1.54) is 29.8 Å². The van der Waals surface area contributed by atoms with Crippen LogP contribution in [0.1, 0.15) is 12.0 Å². The number of sulfonamides is 1. The van der Waals surface area contributed by atoms with Crippen molar-refractivity contribution in [1.29, 1.82) is 0 Å². The number of hydrogen-bond acceptors (Lipinski definition) is 3. The second-order valence-electron chi connectivity index (χ2n) is 6.74. The highest BCUT2D eigenvalue weighted by molar-refractivity contribution is 7.92. The summed E-state index contributed by atoms with van der Waals surface area (Å²) >= 11 is 5.89. The first-order valence-corrected chi connectivity index (χ1v) is 11.4. The van der Waals surface area contributed by atoms with Gasteiger partial charge in [0.2, 0.25) is 5.91 Å². The van der Waals surface area contributed by atoms with Gasteiger partial charge in [0.05, 0.1) is 10.6 Å². The van der Waals surface area contributed by atoms with Crippen LogP contribution in [-0.4, -0.2) is 27.4 Å². The molecule has 0 spiro atoms. The molecule has 3 aromatic carbocycles. The fourth-order valence-corrected chi connectivity index (χ4v) is 4.54. The van der Waals surface area contributed by atoms with Crippen LogP contribution >= 0.6 is 11.6 Å². The second kappa shape index (κ2) is 10.3. The van der Waals surface area contributed by atoms with E-state index >= 15 is 0 Å². The number of benzene rings is 3. The van der Waals surface area contributed by atoms with Gasteiger partial charge in [0, 0.05) is 11.6 Å². The van der Waals surface area contributed by atoms with Crippen LogP contribution in [0.2, 0.25) is 5.02 Å². The van der Waals surface area contributed by atoms with Gasteiger partial charge < -0.3 is 5.32 Å². The summed E-state index contributed by atoms with van der Waals surface area (Å²) in [5.41, 5.74) is 1.62. The van der Waals surface area contributed by atoms with Crippen LogP contribution in [0.5, 0.6) is 0 Å². The quantitative estimate of drug-likeness (QED) is 0.503. The summed E-state index contributed by atoms with van der Waals surface area (Å²) in [6, 6.07) is 24.5. The van der Waals surface area contributed by atoms with E-state index in [1.807, 2.05) is 30.3 Å². The third-order valence-electron chi connectivity index (χ3n) is 4.54. The molecular formula is C23H23ClN2O3S. The Morgan fingerprint density at radius 3 is 2.10 bits per heavy atom. The molecule has 3 aromatic rings. The van der Waals surface area contributed by atoms with Gasteiger partial charge in [-0.05, 0) is 54.8 Å². The Morgan fingerprint density at radius 1 is 0.867 bits per heavy atom. The molecule has 5 nitrogen and oxygen atoms in total. The van der Waals surface area contributed by atoms with E-state index in [2.05, 4.69) is 5.32 Å². The molecule has 0 heterocycles. The number of anilines is 1. The lowest BCUT2D eigenvalue weighted by Gasteiger charge is -2.24. The molecule has 0 aliphatic carbocycles. The average molecular weight is 443 g/mol. The molecule has 0 unspecified atom stereocenters. The van der Waals surface area contributed by atoms with Crippen molar-refractivity contribution in [2.45, 2.75) is 17.7 Å². The second-order valence-corrected chi connectivity index (χ2v) is 9.04. The topological polar surface area (TPSA) is 66.5 Å². The zero-order chi connectivity index (χ0) is 21.4. The van der Waals surface area contributed by atoms with E-state index in [0.717, 1.165) is 17.1 Å². The number of aryl methyl sites for hydroxylation is 1. The summed E-state index contributed by atoms with van der Waals surface area (Å²) in [7, 11) is -3.93. The molecule has 0 radical (unpaired) electrons. The highest BCUT2D eigenvalue weighted by Crippen LogP contribution is 2.24. The maximum absolute atomic E-state index is 13.2. The van der Waals surface area contributed by atoms with Crippen LogP contribution in [0, 0.1) is 0 Å². The van der Waals surface area contributed by atoms with E-state index in [-0.39, 0.29) is 17.3 Å². The Bertz CT molecular complexity index is 1060. The first kappa shape index (κ1) is 21.9. The molecular weight excluding hydrogens is 420 g/mol. The molecule has 1 amide bonds. The highest BCUT2D eigenvalue weighted by atomic mass is 35.5. The summed E-state index contributed by atoms with van der Waals surface area (Å²) in [4.78, 5) is 12.6. The van der Waals surface area contributed by atoms with Crippen molar-refractivity contribution in [3.8, 4) is 0 Å². The number of hydrogen-bond donors (Lipinski definition) is 1. The lowest BCUT2D eigenvalue weighted by Crippen LogP contribution is -2.41. The Labute approximate surface area is 182 Å². The van der Waals surface area contributed by atoms with Crippen molar-refractivity contribution in [3.05, 3.63) is 95.5 Å². The first-order valence-electron chi connectivity index (χ1n) is 9.61. The monoisotopic (exact) mass is 442 g/mol. The van der Waals surface area contributed by atoms with Crippen molar-refractivity contribution in [1.82, 2.24) is 5.32 Å². The minimum atomic E-state index is -3.93. The minimum absolute atomic E-state index is 0.0765. The number of rotatable bonds is 9. The molecule has 30 heavy (non-hydrogen) atoms. The Kier molecular flexibility index (Phi) is 7.49. The van der Waals surface area contributed by atoms with Gasteiger partial charge in [-0.1, -0.05) is 60.1 Å². The number of halogens is 1. The van der Waals surface area contributed by atoms with Crippen LogP contribution in [0.25, 0.3) is 0 Å². The van der Waals surface area contributed by atoms with Crippen molar-refractivity contribution < 1.29 is 13.2 Å². The SMILES string of the molecule is O=C(CN(c1ccccc1)S(=O)(=O)c1ccc(Cl)cc1)NCCCc1ccccc1. The number of carbonyl (C=O) groups is 1. The molecule has 0 fully saturated rings. The number of carbonyl (C=O) groups excluding carboxylic acids is 1. The van der Waals surface area contributed by atoms with Crippen LogP contribution in [0.4, 0.5) is 5.69 Å². The van der Waals surface area contributed by atoms with Gasteiger partial charge in [0.25, 0.3) is 10.0 Å². The summed E-state index contributed by atoms with van der Waals surface area (Å²) in [6.07, 6.45) is 1.61. The Hall–Kier alpha value is -2.83. The molecule has 0 bridgehead atoms. The van der Waals surface area contributed by atoms with Gasteiger partial charge in [0.1, 0.15) is 6.54 Å². The van der Waals surface area contributed by atoms with E-state index < -0.39 is 10.0 Å². The van der Waals surface area contributed by atoms with E-state index in [4.69, 9.17) is 11.6 Å². The van der Waals surface area contributed by atoms with Crippen LogP contribution in [0.15, 0.2) is 89.8 Å². The van der Waals surface area contributed by atoms with Crippen LogP contribution in [-0.2, 0) is 21.2 Å². The van der Waals surface area contributed by atoms with E-state index in [1.54, 1.807) is 30.3 Å². The Morgan fingerprint density at radius 2 is 1.47 bits per heavy atom. The molecule has 0 atom stereocenters. The number of nitrogens with zero attached hydrogens (tertiary/aromatic N) is 1. The van der Waals surface area contributed by atoms with Gasteiger partial charge in [-0.3, -0.25) is 9.10 Å². The Balaban J connectivity index is 1.68. The predicted molar refractivity (Wildman–Crippen MR) is 120 cm³/mol. The molecule has 0 saturated carbocycles. The molecule has 7 heteroatoms. The van der Waals surface area contributed by atoms with Crippen molar-refractivity contribution in [2.24, 2.45) is 0 Å². The largest absolute Gasteiger partial charge is 0.355 e. The summed E-state index contributed by atoms with van der Waals surface area (Å²) in [5.74, 6) is -0.357. The van der Waals surface area contributed by atoms with Gasteiger partial charge in [0.15, 0.2) is 0 Å².